The summed E-state index contributed by atoms with van der Waals surface area (Å²) in [7, 11) is 0. The Morgan fingerprint density at radius 2 is 1.86 bits per heavy atom. The van der Waals surface area contributed by atoms with Crippen molar-refractivity contribution in [2.45, 2.75) is 31.7 Å². The number of rotatable bonds is 3. The van der Waals surface area contributed by atoms with E-state index in [2.05, 4.69) is 32.3 Å². The first-order valence-corrected chi connectivity index (χ1v) is 10.1. The highest BCUT2D eigenvalue weighted by atomic mass is 79.9. The summed E-state index contributed by atoms with van der Waals surface area (Å²) in [6.45, 7) is 0. The number of benzene rings is 2. The zero-order valence-corrected chi connectivity index (χ0v) is 16.7. The molecule has 0 saturated heterocycles. The first-order chi connectivity index (χ1) is 13.6. The average Bonchev–Trinajstić information content (AvgIpc) is 3.06. The quantitative estimate of drug-likeness (QED) is 0.637. The molecule has 28 heavy (non-hydrogen) atoms. The van der Waals surface area contributed by atoms with E-state index in [1.807, 2.05) is 22.8 Å². The molecule has 0 aliphatic heterocycles. The number of hydrogen-bond acceptors (Lipinski definition) is 3. The fourth-order valence-electron chi connectivity index (χ4n) is 3.94. The highest BCUT2D eigenvalue weighted by Crippen LogP contribution is 2.34. The number of nitrogens with zero attached hydrogens (tertiary/aromatic N) is 2. The van der Waals surface area contributed by atoms with Crippen LogP contribution >= 0.6 is 15.9 Å². The van der Waals surface area contributed by atoms with Gasteiger partial charge in [0.2, 0.25) is 5.91 Å². The molecule has 2 aromatic carbocycles. The van der Waals surface area contributed by atoms with Crippen LogP contribution in [0.1, 0.15) is 37.3 Å². The van der Waals surface area contributed by atoms with Crippen LogP contribution in [0.5, 0.6) is 0 Å². The van der Waals surface area contributed by atoms with E-state index >= 15 is 0 Å². The van der Waals surface area contributed by atoms with E-state index in [0.717, 1.165) is 41.2 Å². The van der Waals surface area contributed by atoms with Crippen molar-refractivity contribution in [3.8, 4) is 6.07 Å². The molecule has 2 N–H and O–H groups in total. The average molecular weight is 439 g/mol. The maximum Gasteiger partial charge on any atom is 0.326 e. The lowest BCUT2D eigenvalue weighted by atomic mass is 9.85. The minimum atomic E-state index is -0.104. The van der Waals surface area contributed by atoms with Crippen LogP contribution in [0.3, 0.4) is 0 Å². The Labute approximate surface area is 170 Å². The lowest BCUT2D eigenvalue weighted by Gasteiger charge is -2.28. The number of anilines is 1. The fourth-order valence-corrected chi connectivity index (χ4v) is 4.40. The van der Waals surface area contributed by atoms with E-state index in [4.69, 9.17) is 5.26 Å². The molecule has 1 saturated carbocycles. The molecule has 0 atom stereocenters. The molecule has 1 aliphatic rings. The van der Waals surface area contributed by atoms with Crippen molar-refractivity contribution >= 4 is 38.6 Å². The van der Waals surface area contributed by atoms with Gasteiger partial charge in [-0.3, -0.25) is 9.36 Å². The van der Waals surface area contributed by atoms with Crippen LogP contribution in [-0.2, 0) is 4.79 Å². The van der Waals surface area contributed by atoms with Gasteiger partial charge in [0.25, 0.3) is 0 Å². The molecule has 0 spiro atoms. The Morgan fingerprint density at radius 1 is 1.14 bits per heavy atom. The van der Waals surface area contributed by atoms with E-state index < -0.39 is 0 Å². The summed E-state index contributed by atoms with van der Waals surface area (Å²) in [5, 5.41) is 11.8. The number of hydrogen-bond donors (Lipinski definition) is 2. The molecule has 4 rings (SSSR count). The van der Waals surface area contributed by atoms with Gasteiger partial charge in [-0.15, -0.1) is 0 Å². The van der Waals surface area contributed by atoms with Crippen LogP contribution < -0.4 is 11.0 Å². The molecule has 6 nitrogen and oxygen atoms in total. The predicted octanol–water partition coefficient (Wildman–Crippen LogP) is 4.33. The molecule has 0 unspecified atom stereocenters. The lowest BCUT2D eigenvalue weighted by Crippen LogP contribution is -2.31. The first kappa shape index (κ1) is 18.5. The molecule has 1 aromatic heterocycles. The number of aromatic amines is 1. The van der Waals surface area contributed by atoms with Gasteiger partial charge in [0.05, 0.1) is 22.7 Å². The van der Waals surface area contributed by atoms with Crippen LogP contribution in [-0.4, -0.2) is 15.5 Å². The molecule has 3 aromatic rings. The minimum Gasteiger partial charge on any atom is -0.326 e. The maximum atomic E-state index is 12.6. The number of para-hydroxylation sites is 1. The highest BCUT2D eigenvalue weighted by Gasteiger charge is 2.29. The molecule has 0 radical (unpaired) electrons. The first-order valence-electron chi connectivity index (χ1n) is 9.26. The Balaban J connectivity index is 1.44. The molecule has 1 amide bonds. The number of imidazole rings is 1. The summed E-state index contributed by atoms with van der Waals surface area (Å²) in [6, 6.07) is 14.8. The number of aromatic nitrogens is 2. The lowest BCUT2D eigenvalue weighted by molar-refractivity contribution is -0.121. The van der Waals surface area contributed by atoms with Crippen LogP contribution in [0.15, 0.2) is 51.7 Å². The molecular weight excluding hydrogens is 420 g/mol. The summed E-state index contributed by atoms with van der Waals surface area (Å²) in [5.41, 5.74) is 2.86. The number of H-pyrrole nitrogens is 1. The van der Waals surface area contributed by atoms with Crippen molar-refractivity contribution in [1.82, 2.24) is 9.55 Å². The van der Waals surface area contributed by atoms with Gasteiger partial charge in [0.1, 0.15) is 0 Å². The largest absolute Gasteiger partial charge is 0.326 e. The number of nitrogens with one attached hydrogen (secondary N) is 2. The van der Waals surface area contributed by atoms with E-state index in [-0.39, 0.29) is 23.6 Å². The molecule has 7 heteroatoms. The van der Waals surface area contributed by atoms with Crippen molar-refractivity contribution in [1.29, 1.82) is 5.26 Å². The molecule has 1 aliphatic carbocycles. The zero-order chi connectivity index (χ0) is 19.7. The van der Waals surface area contributed by atoms with Gasteiger partial charge in [0, 0.05) is 22.1 Å². The maximum absolute atomic E-state index is 12.6. The summed E-state index contributed by atoms with van der Waals surface area (Å²) in [5.74, 6) is -0.0725. The third kappa shape index (κ3) is 3.48. The van der Waals surface area contributed by atoms with Gasteiger partial charge in [-0.1, -0.05) is 6.07 Å². The molecule has 1 heterocycles. The third-order valence-electron chi connectivity index (χ3n) is 5.42. The monoisotopic (exact) mass is 438 g/mol. The van der Waals surface area contributed by atoms with Crippen molar-refractivity contribution < 1.29 is 4.79 Å². The smallest absolute Gasteiger partial charge is 0.326 e. The summed E-state index contributed by atoms with van der Waals surface area (Å²) >= 11 is 3.48. The van der Waals surface area contributed by atoms with Crippen LogP contribution in [0.25, 0.3) is 11.0 Å². The second-order valence-corrected chi connectivity index (χ2v) is 7.97. The van der Waals surface area contributed by atoms with Gasteiger partial charge in [-0.2, -0.15) is 5.26 Å². The van der Waals surface area contributed by atoms with Crippen molar-refractivity contribution in [2.75, 3.05) is 5.32 Å². The summed E-state index contributed by atoms with van der Waals surface area (Å²) in [6.07, 6.45) is 3.04. The van der Waals surface area contributed by atoms with E-state index in [9.17, 15) is 9.59 Å². The van der Waals surface area contributed by atoms with Gasteiger partial charge in [-0.25, -0.2) is 4.79 Å². The fraction of sp³-hybridized carbons (Fsp3) is 0.286. The number of fused-ring (bicyclic) bond motifs is 1. The normalized spacial score (nSPS) is 19.3. The topological polar surface area (TPSA) is 90.7 Å². The summed E-state index contributed by atoms with van der Waals surface area (Å²) in [4.78, 5) is 28.0. The Bertz CT molecular complexity index is 1120. The number of halogens is 1. The Hall–Kier alpha value is -2.85. The highest BCUT2D eigenvalue weighted by molar-refractivity contribution is 9.10. The third-order valence-corrected chi connectivity index (χ3v) is 6.08. The van der Waals surface area contributed by atoms with Crippen LogP contribution in [0, 0.1) is 17.2 Å². The van der Waals surface area contributed by atoms with E-state index in [0.29, 0.717) is 11.3 Å². The van der Waals surface area contributed by atoms with Crippen molar-refractivity contribution in [3.05, 3.63) is 63.0 Å². The molecule has 142 valence electrons. The molecule has 1 fully saturated rings. The van der Waals surface area contributed by atoms with Crippen molar-refractivity contribution in [3.63, 3.8) is 0 Å². The Kier molecular flexibility index (Phi) is 5.05. The minimum absolute atomic E-state index is 0.00262. The van der Waals surface area contributed by atoms with Gasteiger partial charge in [-0.05, 0) is 78.0 Å². The second kappa shape index (κ2) is 7.64. The number of carbonyl (C=O) groups is 1. The zero-order valence-electron chi connectivity index (χ0n) is 15.1. The number of amides is 1. The van der Waals surface area contributed by atoms with Crippen LogP contribution in [0.4, 0.5) is 5.69 Å². The molecule has 0 bridgehead atoms. The number of carbonyl (C=O) groups excluding carboxylic acids is 1. The predicted molar refractivity (Wildman–Crippen MR) is 111 cm³/mol. The standard InChI is InChI=1S/C21H19BrN4O2/c22-17-2-1-3-18-19(17)25-21(28)26(18)16-10-6-14(7-11-16)20(27)24-15-8-4-13(12-23)5-9-15/h1-5,8-9,14,16H,6-7,10-11H2,(H,24,27)(H,25,28)/t14-,16+. The van der Waals surface area contributed by atoms with Crippen molar-refractivity contribution in [2.24, 2.45) is 5.92 Å². The summed E-state index contributed by atoms with van der Waals surface area (Å²) < 4.78 is 2.70. The van der Waals surface area contributed by atoms with Gasteiger partial charge in [0.15, 0.2) is 0 Å². The number of nitriles is 1. The van der Waals surface area contributed by atoms with E-state index in [1.54, 1.807) is 24.3 Å². The van der Waals surface area contributed by atoms with Gasteiger partial charge < -0.3 is 10.3 Å². The van der Waals surface area contributed by atoms with Crippen LogP contribution in [0.2, 0.25) is 0 Å². The second-order valence-electron chi connectivity index (χ2n) is 7.12. The SMILES string of the molecule is N#Cc1ccc(NC(=O)[C@H]2CC[C@@H](n3c(=O)[nH]c4c(Br)cccc43)CC2)cc1. The Morgan fingerprint density at radius 3 is 2.54 bits per heavy atom. The van der Waals surface area contributed by atoms with Gasteiger partial charge >= 0.3 is 5.69 Å². The molecular formula is C21H19BrN4O2. The van der Waals surface area contributed by atoms with E-state index in [1.165, 1.54) is 0 Å².